The highest BCUT2D eigenvalue weighted by atomic mass is 16.5. The second-order valence-corrected chi connectivity index (χ2v) is 5.68. The van der Waals surface area contributed by atoms with E-state index in [-0.39, 0.29) is 0 Å². The monoisotopic (exact) mass is 260 g/mol. The molecule has 1 aromatic rings. The first-order chi connectivity index (χ1) is 9.22. The van der Waals surface area contributed by atoms with Crippen LogP contribution >= 0.6 is 0 Å². The van der Waals surface area contributed by atoms with Gasteiger partial charge in [-0.1, -0.05) is 42.8 Å². The molecule has 104 valence electrons. The van der Waals surface area contributed by atoms with Gasteiger partial charge < -0.3 is 9.84 Å². The first-order valence-electron chi connectivity index (χ1n) is 7.17. The first-order valence-corrected chi connectivity index (χ1v) is 7.17. The fourth-order valence-corrected chi connectivity index (χ4v) is 2.98. The summed E-state index contributed by atoms with van der Waals surface area (Å²) in [5.74, 6) is 0.474. The summed E-state index contributed by atoms with van der Waals surface area (Å²) in [7, 11) is 0. The van der Waals surface area contributed by atoms with Crippen LogP contribution < -0.4 is 0 Å². The maximum Gasteiger partial charge on any atom is 0.0717 e. The Balaban J connectivity index is 1.75. The van der Waals surface area contributed by atoms with Crippen LogP contribution in [0.4, 0.5) is 0 Å². The Morgan fingerprint density at radius 3 is 2.89 bits per heavy atom. The lowest BCUT2D eigenvalue weighted by molar-refractivity contribution is -0.0353. The maximum atomic E-state index is 10.4. The van der Waals surface area contributed by atoms with Crippen molar-refractivity contribution in [3.63, 3.8) is 0 Å². The van der Waals surface area contributed by atoms with Gasteiger partial charge in [-0.15, -0.1) is 6.58 Å². The standard InChI is InChI=1S/C17H24O2/c1-2-10-17(18)11-6-9-16(12-17)14-19-13-15-7-4-3-5-8-15/h2-5,7-8,16,18H,1,6,9-14H2/t16-,17+/m1/s1. The highest BCUT2D eigenvalue weighted by Crippen LogP contribution is 2.35. The number of rotatable bonds is 6. The molecule has 19 heavy (non-hydrogen) atoms. The molecule has 0 aromatic heterocycles. The smallest absolute Gasteiger partial charge is 0.0717 e. The SMILES string of the molecule is C=CC[C@]1(O)CCC[C@@H](COCc2ccccc2)C1. The molecule has 2 nitrogen and oxygen atoms in total. The minimum Gasteiger partial charge on any atom is -0.390 e. The zero-order valence-electron chi connectivity index (χ0n) is 11.6. The summed E-state index contributed by atoms with van der Waals surface area (Å²) in [5, 5.41) is 10.4. The molecule has 0 aliphatic heterocycles. The van der Waals surface area contributed by atoms with Crippen molar-refractivity contribution in [3.05, 3.63) is 48.6 Å². The molecular formula is C17H24O2. The van der Waals surface area contributed by atoms with E-state index < -0.39 is 5.60 Å². The van der Waals surface area contributed by atoms with Crippen LogP contribution in [0.1, 0.15) is 37.7 Å². The molecule has 0 radical (unpaired) electrons. The molecule has 1 fully saturated rings. The topological polar surface area (TPSA) is 29.5 Å². The molecule has 1 N–H and O–H groups in total. The highest BCUT2D eigenvalue weighted by Gasteiger charge is 2.33. The van der Waals surface area contributed by atoms with Gasteiger partial charge in [-0.3, -0.25) is 0 Å². The molecule has 1 aliphatic rings. The lowest BCUT2D eigenvalue weighted by Crippen LogP contribution is -2.36. The summed E-state index contributed by atoms with van der Waals surface area (Å²) in [5.41, 5.74) is 0.667. The molecule has 1 aliphatic carbocycles. The third kappa shape index (κ3) is 4.48. The second-order valence-electron chi connectivity index (χ2n) is 5.68. The molecule has 2 heteroatoms. The van der Waals surface area contributed by atoms with Crippen LogP contribution in [0.15, 0.2) is 43.0 Å². The van der Waals surface area contributed by atoms with Crippen molar-refractivity contribution in [2.75, 3.05) is 6.61 Å². The third-order valence-corrected chi connectivity index (χ3v) is 3.91. The minimum atomic E-state index is -0.541. The van der Waals surface area contributed by atoms with Crippen LogP contribution in [0.5, 0.6) is 0 Å². The molecule has 1 saturated carbocycles. The molecule has 0 amide bonds. The summed E-state index contributed by atoms with van der Waals surface area (Å²) >= 11 is 0. The summed E-state index contributed by atoms with van der Waals surface area (Å²) < 4.78 is 5.79. The molecule has 0 spiro atoms. The Morgan fingerprint density at radius 1 is 1.37 bits per heavy atom. The van der Waals surface area contributed by atoms with E-state index in [0.717, 1.165) is 32.3 Å². The number of aliphatic hydroxyl groups is 1. The first kappa shape index (κ1) is 14.3. The van der Waals surface area contributed by atoms with Crippen LogP contribution in [0.2, 0.25) is 0 Å². The number of hydrogen-bond donors (Lipinski definition) is 1. The van der Waals surface area contributed by atoms with Crippen LogP contribution in [-0.2, 0) is 11.3 Å². The van der Waals surface area contributed by atoms with E-state index in [2.05, 4.69) is 18.7 Å². The minimum absolute atomic E-state index is 0.474. The van der Waals surface area contributed by atoms with Crippen molar-refractivity contribution in [2.45, 2.75) is 44.3 Å². The van der Waals surface area contributed by atoms with Gasteiger partial charge >= 0.3 is 0 Å². The van der Waals surface area contributed by atoms with E-state index in [1.54, 1.807) is 0 Å². The van der Waals surface area contributed by atoms with Gasteiger partial charge in [0.15, 0.2) is 0 Å². The van der Waals surface area contributed by atoms with Crippen LogP contribution in [0.25, 0.3) is 0 Å². The molecule has 1 aromatic carbocycles. The molecular weight excluding hydrogens is 236 g/mol. The Labute approximate surface area is 116 Å². The Kier molecular flexibility index (Phi) is 5.17. The number of benzene rings is 1. The average Bonchev–Trinajstić information content (AvgIpc) is 2.40. The van der Waals surface area contributed by atoms with Gasteiger partial charge in [-0.05, 0) is 37.2 Å². The second kappa shape index (κ2) is 6.88. The van der Waals surface area contributed by atoms with Crippen molar-refractivity contribution in [3.8, 4) is 0 Å². The van der Waals surface area contributed by atoms with Gasteiger partial charge in [0.05, 0.1) is 12.2 Å². The van der Waals surface area contributed by atoms with E-state index in [1.807, 2.05) is 24.3 Å². The predicted molar refractivity (Wildman–Crippen MR) is 77.8 cm³/mol. The largest absolute Gasteiger partial charge is 0.390 e. The third-order valence-electron chi connectivity index (χ3n) is 3.91. The normalized spacial score (nSPS) is 27.1. The summed E-state index contributed by atoms with van der Waals surface area (Å²) in [6, 6.07) is 10.2. The molecule has 0 heterocycles. The van der Waals surface area contributed by atoms with Crippen molar-refractivity contribution in [1.29, 1.82) is 0 Å². The van der Waals surface area contributed by atoms with Gasteiger partial charge in [0, 0.05) is 6.61 Å². The summed E-state index contributed by atoms with van der Waals surface area (Å²) in [6.45, 7) is 5.14. The van der Waals surface area contributed by atoms with Gasteiger partial charge in [0.25, 0.3) is 0 Å². The van der Waals surface area contributed by atoms with Crippen molar-refractivity contribution in [2.24, 2.45) is 5.92 Å². The number of ether oxygens (including phenoxy) is 1. The van der Waals surface area contributed by atoms with E-state index in [4.69, 9.17) is 4.74 Å². The van der Waals surface area contributed by atoms with Crippen molar-refractivity contribution < 1.29 is 9.84 Å². The van der Waals surface area contributed by atoms with Crippen LogP contribution in [0.3, 0.4) is 0 Å². The van der Waals surface area contributed by atoms with Gasteiger partial charge in [-0.25, -0.2) is 0 Å². The number of hydrogen-bond acceptors (Lipinski definition) is 2. The van der Waals surface area contributed by atoms with Crippen LogP contribution in [-0.4, -0.2) is 17.3 Å². The molecule has 2 rings (SSSR count). The zero-order chi connectivity index (χ0) is 13.6. The van der Waals surface area contributed by atoms with Gasteiger partial charge in [0.1, 0.15) is 0 Å². The molecule has 0 unspecified atom stereocenters. The zero-order valence-corrected chi connectivity index (χ0v) is 11.6. The summed E-state index contributed by atoms with van der Waals surface area (Å²) in [4.78, 5) is 0. The fourth-order valence-electron chi connectivity index (χ4n) is 2.98. The quantitative estimate of drug-likeness (QED) is 0.790. The van der Waals surface area contributed by atoms with E-state index in [1.165, 1.54) is 5.56 Å². The lowest BCUT2D eigenvalue weighted by Gasteiger charge is -2.36. The van der Waals surface area contributed by atoms with Crippen molar-refractivity contribution >= 4 is 0 Å². The Morgan fingerprint density at radius 2 is 2.16 bits per heavy atom. The lowest BCUT2D eigenvalue weighted by atomic mass is 9.77. The maximum absolute atomic E-state index is 10.4. The van der Waals surface area contributed by atoms with Crippen molar-refractivity contribution in [1.82, 2.24) is 0 Å². The Hall–Kier alpha value is -1.12. The van der Waals surface area contributed by atoms with Gasteiger partial charge in [0.2, 0.25) is 0 Å². The Bertz CT molecular complexity index is 388. The van der Waals surface area contributed by atoms with E-state index in [0.29, 0.717) is 18.9 Å². The summed E-state index contributed by atoms with van der Waals surface area (Å²) in [6.07, 6.45) is 6.51. The van der Waals surface area contributed by atoms with E-state index in [9.17, 15) is 5.11 Å². The van der Waals surface area contributed by atoms with Gasteiger partial charge in [-0.2, -0.15) is 0 Å². The van der Waals surface area contributed by atoms with Crippen LogP contribution in [0, 0.1) is 5.92 Å². The molecule has 0 bridgehead atoms. The average molecular weight is 260 g/mol. The fraction of sp³-hybridized carbons (Fsp3) is 0.529. The molecule has 2 atom stereocenters. The highest BCUT2D eigenvalue weighted by molar-refractivity contribution is 5.13. The molecule has 0 saturated heterocycles. The predicted octanol–water partition coefficient (Wildman–Crippen LogP) is 3.70. The van der Waals surface area contributed by atoms with E-state index >= 15 is 0 Å².